The molecule has 0 spiro atoms. The van der Waals surface area contributed by atoms with Crippen molar-refractivity contribution in [2.45, 2.75) is 0 Å². The molecule has 0 aliphatic carbocycles. The fourth-order valence-electron chi connectivity index (χ4n) is 9.37. The van der Waals surface area contributed by atoms with E-state index in [0.717, 1.165) is 55.5 Å². The summed E-state index contributed by atoms with van der Waals surface area (Å²) < 4.78 is 6.55. The lowest BCUT2D eigenvalue weighted by molar-refractivity contribution is 0.673. The van der Waals surface area contributed by atoms with Crippen molar-refractivity contribution >= 4 is 60.5 Å². The molecule has 0 aliphatic heterocycles. The third kappa shape index (κ3) is 6.79. The summed E-state index contributed by atoms with van der Waals surface area (Å²) in [7, 11) is 0. The highest BCUT2D eigenvalue weighted by atomic mass is 16.3. The summed E-state index contributed by atoms with van der Waals surface area (Å²) in [4.78, 5) is 2.35. The zero-order valence-corrected chi connectivity index (χ0v) is 35.0. The van der Waals surface area contributed by atoms with Crippen LogP contribution in [0.3, 0.4) is 0 Å². The summed E-state index contributed by atoms with van der Waals surface area (Å²) in [5.74, 6) is 0. The molecule has 11 aromatic carbocycles. The van der Waals surface area contributed by atoms with Gasteiger partial charge in [-0.2, -0.15) is 0 Å². The molecule has 0 saturated heterocycles. The van der Waals surface area contributed by atoms with Crippen LogP contribution in [0.1, 0.15) is 0 Å². The molecule has 0 amide bonds. The molecule has 0 N–H and O–H groups in total. The lowest BCUT2D eigenvalue weighted by Crippen LogP contribution is -2.09. The molecule has 300 valence electrons. The number of rotatable bonds is 8. The van der Waals surface area contributed by atoms with Crippen LogP contribution in [0.15, 0.2) is 253 Å². The highest BCUT2D eigenvalue weighted by molar-refractivity contribution is 6.19. The molecule has 0 fully saturated rings. The second-order valence-corrected chi connectivity index (χ2v) is 16.5. The van der Waals surface area contributed by atoms with Crippen molar-refractivity contribution in [1.29, 1.82) is 0 Å². The zero-order valence-electron chi connectivity index (χ0n) is 35.0. The van der Waals surface area contributed by atoms with Gasteiger partial charge in [0.1, 0.15) is 11.2 Å². The Bertz CT molecular complexity index is 3620. The minimum absolute atomic E-state index is 0.896. The van der Waals surface area contributed by atoms with Gasteiger partial charge in [0.25, 0.3) is 0 Å². The first kappa shape index (κ1) is 37.3. The molecule has 0 saturated carbocycles. The van der Waals surface area contributed by atoms with E-state index in [0.29, 0.717) is 0 Å². The minimum Gasteiger partial charge on any atom is -0.455 e. The van der Waals surface area contributed by atoms with Gasteiger partial charge in [-0.1, -0.05) is 188 Å². The Labute approximate surface area is 372 Å². The van der Waals surface area contributed by atoms with Crippen LogP contribution in [0.2, 0.25) is 0 Å². The largest absolute Gasteiger partial charge is 0.455 e. The van der Waals surface area contributed by atoms with E-state index >= 15 is 0 Å². The summed E-state index contributed by atoms with van der Waals surface area (Å²) >= 11 is 0. The quantitative estimate of drug-likeness (QED) is 0.152. The number of hydrogen-bond acceptors (Lipinski definition) is 2. The van der Waals surface area contributed by atoms with Gasteiger partial charge in [-0.15, -0.1) is 0 Å². The standard InChI is InChI=1S/C62H41NO/c1-2-10-42(11-3-1)44-20-22-45(23-21-44)46-26-33-54(34-27-46)63(55-35-28-47(29-36-55)51-15-8-16-52(40-51)53-25-24-43-12-4-5-14-50(43)41-53)56-37-30-49(31-38-56)57-18-9-19-60-61(57)59-39-32-48-13-6-7-17-58(48)62(59)64-60/h1-41H. The Balaban J connectivity index is 0.905. The van der Waals surface area contributed by atoms with E-state index in [1.807, 2.05) is 0 Å². The van der Waals surface area contributed by atoms with Gasteiger partial charge in [0.2, 0.25) is 0 Å². The smallest absolute Gasteiger partial charge is 0.143 e. The molecule has 0 unspecified atom stereocenters. The first-order chi connectivity index (χ1) is 31.7. The fourth-order valence-corrected chi connectivity index (χ4v) is 9.37. The Morgan fingerprint density at radius 2 is 0.719 bits per heavy atom. The third-order valence-corrected chi connectivity index (χ3v) is 12.7. The predicted molar refractivity (Wildman–Crippen MR) is 271 cm³/mol. The van der Waals surface area contributed by atoms with E-state index in [4.69, 9.17) is 4.42 Å². The topological polar surface area (TPSA) is 16.4 Å². The highest BCUT2D eigenvalue weighted by Gasteiger charge is 2.17. The Morgan fingerprint density at radius 3 is 1.39 bits per heavy atom. The van der Waals surface area contributed by atoms with Crippen molar-refractivity contribution in [3.05, 3.63) is 249 Å². The Kier molecular flexibility index (Phi) is 9.20. The van der Waals surface area contributed by atoms with Crippen LogP contribution in [0, 0.1) is 0 Å². The Morgan fingerprint density at radius 1 is 0.266 bits per heavy atom. The number of fused-ring (bicyclic) bond motifs is 6. The van der Waals surface area contributed by atoms with Gasteiger partial charge in [0.15, 0.2) is 0 Å². The van der Waals surface area contributed by atoms with Crippen LogP contribution in [0.5, 0.6) is 0 Å². The monoisotopic (exact) mass is 815 g/mol. The molecule has 2 nitrogen and oxygen atoms in total. The van der Waals surface area contributed by atoms with Crippen LogP contribution in [0.4, 0.5) is 17.1 Å². The molecule has 0 aliphatic rings. The number of anilines is 3. The van der Waals surface area contributed by atoms with Crippen LogP contribution >= 0.6 is 0 Å². The van der Waals surface area contributed by atoms with Crippen molar-refractivity contribution in [2.24, 2.45) is 0 Å². The van der Waals surface area contributed by atoms with Crippen molar-refractivity contribution < 1.29 is 4.42 Å². The maximum atomic E-state index is 6.55. The van der Waals surface area contributed by atoms with Crippen molar-refractivity contribution in [3.63, 3.8) is 0 Å². The minimum atomic E-state index is 0.896. The van der Waals surface area contributed by atoms with Gasteiger partial charge in [-0.25, -0.2) is 0 Å². The number of benzene rings is 11. The molecule has 64 heavy (non-hydrogen) atoms. The van der Waals surface area contributed by atoms with Crippen molar-refractivity contribution in [3.8, 4) is 55.6 Å². The van der Waals surface area contributed by atoms with Crippen molar-refractivity contribution in [2.75, 3.05) is 4.90 Å². The molecule has 0 bridgehead atoms. The Hall–Kier alpha value is -8.46. The van der Waals surface area contributed by atoms with Gasteiger partial charge in [-0.3, -0.25) is 0 Å². The van der Waals surface area contributed by atoms with Gasteiger partial charge in [0, 0.05) is 33.2 Å². The van der Waals surface area contributed by atoms with Gasteiger partial charge in [0.05, 0.1) is 0 Å². The second kappa shape index (κ2) is 15.8. The van der Waals surface area contributed by atoms with E-state index in [-0.39, 0.29) is 0 Å². The van der Waals surface area contributed by atoms with E-state index in [9.17, 15) is 0 Å². The van der Waals surface area contributed by atoms with Gasteiger partial charge < -0.3 is 9.32 Å². The molecule has 1 heterocycles. The predicted octanol–water partition coefficient (Wildman–Crippen LogP) is 17.7. The number of furan rings is 1. The second-order valence-electron chi connectivity index (χ2n) is 16.5. The third-order valence-electron chi connectivity index (χ3n) is 12.7. The number of hydrogen-bond donors (Lipinski definition) is 0. The summed E-state index contributed by atoms with van der Waals surface area (Å²) in [5, 5.41) is 7.08. The van der Waals surface area contributed by atoms with Gasteiger partial charge >= 0.3 is 0 Å². The molecule has 0 radical (unpaired) electrons. The summed E-state index contributed by atoms with van der Waals surface area (Å²) in [6, 6.07) is 89.6. The maximum Gasteiger partial charge on any atom is 0.143 e. The lowest BCUT2D eigenvalue weighted by Gasteiger charge is -2.26. The number of nitrogens with zero attached hydrogens (tertiary/aromatic N) is 1. The van der Waals surface area contributed by atoms with Crippen molar-refractivity contribution in [1.82, 2.24) is 0 Å². The molecule has 0 atom stereocenters. The van der Waals surface area contributed by atoms with E-state index in [1.165, 1.54) is 60.7 Å². The fraction of sp³-hybridized carbons (Fsp3) is 0. The van der Waals surface area contributed by atoms with Crippen LogP contribution in [-0.2, 0) is 0 Å². The summed E-state index contributed by atoms with van der Waals surface area (Å²) in [6.07, 6.45) is 0. The summed E-state index contributed by atoms with van der Waals surface area (Å²) in [5.41, 5.74) is 16.9. The molecular weight excluding hydrogens is 775 g/mol. The highest BCUT2D eigenvalue weighted by Crippen LogP contribution is 2.42. The average Bonchev–Trinajstić information content (AvgIpc) is 3.77. The van der Waals surface area contributed by atoms with Crippen LogP contribution in [-0.4, -0.2) is 0 Å². The molecule has 12 aromatic rings. The first-order valence-corrected chi connectivity index (χ1v) is 21.9. The average molecular weight is 816 g/mol. The first-order valence-electron chi connectivity index (χ1n) is 21.9. The molecule has 2 heteroatoms. The molecule has 1 aromatic heterocycles. The lowest BCUT2D eigenvalue weighted by atomic mass is 9.97. The van der Waals surface area contributed by atoms with Crippen LogP contribution < -0.4 is 4.90 Å². The SMILES string of the molecule is c1ccc(-c2ccc(-c3ccc(N(c4ccc(-c5cccc(-c6ccc7ccccc7c6)c5)cc4)c4ccc(-c5cccc6oc7c8ccccc8ccc7c56)cc4)cc3)cc2)cc1. The maximum absolute atomic E-state index is 6.55. The molecular formula is C62H41NO. The normalized spacial score (nSPS) is 11.4. The van der Waals surface area contributed by atoms with E-state index in [1.54, 1.807) is 0 Å². The van der Waals surface area contributed by atoms with E-state index < -0.39 is 0 Å². The van der Waals surface area contributed by atoms with Crippen LogP contribution in [0.25, 0.3) is 99.1 Å². The summed E-state index contributed by atoms with van der Waals surface area (Å²) in [6.45, 7) is 0. The zero-order chi connectivity index (χ0) is 42.4. The molecule has 12 rings (SSSR count). The van der Waals surface area contributed by atoms with E-state index in [2.05, 4.69) is 254 Å². The van der Waals surface area contributed by atoms with Gasteiger partial charge in [-0.05, 0) is 132 Å².